The van der Waals surface area contributed by atoms with Gasteiger partial charge in [-0.2, -0.15) is 0 Å². The normalized spacial score (nSPS) is 11.4. The fraction of sp³-hybridized carbons (Fsp3) is 0.241. The van der Waals surface area contributed by atoms with Crippen LogP contribution in [-0.4, -0.2) is 43.2 Å². The van der Waals surface area contributed by atoms with Crippen molar-refractivity contribution in [3.05, 3.63) is 108 Å². The topological polar surface area (TPSA) is 76.9 Å². The minimum Gasteiger partial charge on any atom is -0.388 e. The zero-order valence-corrected chi connectivity index (χ0v) is 21.6. The molecular weight excluding hydrogens is 471 g/mol. The van der Waals surface area contributed by atoms with E-state index in [1.54, 1.807) is 44.0 Å². The van der Waals surface area contributed by atoms with Crippen LogP contribution < -0.4 is 10.6 Å². The fourth-order valence-electron chi connectivity index (χ4n) is 3.70. The van der Waals surface area contributed by atoms with Crippen molar-refractivity contribution in [3.63, 3.8) is 0 Å². The Morgan fingerprint density at radius 1 is 1.16 bits per heavy atom. The maximum atomic E-state index is 14.0. The SMILES string of the molecule is C=C(NC)c1ccc(F)c(NC(=O)c2cnc3cc(C)ccn23)c1.COCC[C@@H](OC)c1ccccc1.[HH].[HH]. The Morgan fingerprint density at radius 2 is 1.92 bits per heavy atom. The van der Waals surface area contributed by atoms with E-state index in [1.807, 2.05) is 37.3 Å². The summed E-state index contributed by atoms with van der Waals surface area (Å²) >= 11 is 0. The number of benzene rings is 2. The lowest BCUT2D eigenvalue weighted by Crippen LogP contribution is -2.15. The molecule has 0 unspecified atom stereocenters. The smallest absolute Gasteiger partial charge is 0.274 e. The Balaban J connectivity index is 0.000000435. The number of nitrogens with one attached hydrogen (secondary N) is 2. The average molecular weight is 509 g/mol. The second-order valence-corrected chi connectivity index (χ2v) is 8.37. The van der Waals surface area contributed by atoms with Gasteiger partial charge in [0, 0.05) is 49.0 Å². The van der Waals surface area contributed by atoms with Crippen LogP contribution in [0.15, 0.2) is 79.6 Å². The number of rotatable bonds is 9. The molecule has 0 aliphatic carbocycles. The van der Waals surface area contributed by atoms with E-state index in [2.05, 4.69) is 34.3 Å². The molecule has 2 heterocycles. The molecule has 2 aromatic carbocycles. The third-order valence-corrected chi connectivity index (χ3v) is 5.81. The molecule has 1 amide bonds. The maximum Gasteiger partial charge on any atom is 0.274 e. The van der Waals surface area contributed by atoms with Crippen LogP contribution in [0.3, 0.4) is 0 Å². The molecule has 37 heavy (non-hydrogen) atoms. The van der Waals surface area contributed by atoms with Crippen molar-refractivity contribution in [2.75, 3.05) is 33.2 Å². The van der Waals surface area contributed by atoms with Gasteiger partial charge in [0.2, 0.25) is 0 Å². The van der Waals surface area contributed by atoms with Crippen LogP contribution in [0.2, 0.25) is 0 Å². The number of anilines is 1. The molecule has 0 saturated carbocycles. The van der Waals surface area contributed by atoms with Gasteiger partial charge in [-0.15, -0.1) is 0 Å². The highest BCUT2D eigenvalue weighted by atomic mass is 19.1. The summed E-state index contributed by atoms with van der Waals surface area (Å²) in [7, 11) is 5.16. The number of methoxy groups -OCH3 is 2. The van der Waals surface area contributed by atoms with Crippen molar-refractivity contribution < 1.29 is 21.5 Å². The first-order valence-electron chi connectivity index (χ1n) is 11.9. The fourth-order valence-corrected chi connectivity index (χ4v) is 3.70. The third kappa shape index (κ3) is 7.25. The molecule has 8 heteroatoms. The summed E-state index contributed by atoms with van der Waals surface area (Å²) < 4.78 is 26.1. The molecule has 0 aliphatic heterocycles. The Bertz CT molecular complexity index is 1350. The van der Waals surface area contributed by atoms with Gasteiger partial charge < -0.3 is 20.1 Å². The Kier molecular flexibility index (Phi) is 9.94. The van der Waals surface area contributed by atoms with Gasteiger partial charge >= 0.3 is 0 Å². The number of halogens is 1. The van der Waals surface area contributed by atoms with E-state index in [1.165, 1.54) is 17.8 Å². The Labute approximate surface area is 219 Å². The molecule has 0 saturated heterocycles. The Hall–Kier alpha value is -4.01. The second-order valence-electron chi connectivity index (χ2n) is 8.37. The molecule has 4 aromatic rings. The van der Waals surface area contributed by atoms with Crippen LogP contribution in [0, 0.1) is 12.7 Å². The first kappa shape index (κ1) is 27.6. The largest absolute Gasteiger partial charge is 0.388 e. The number of hydrogen-bond donors (Lipinski definition) is 2. The average Bonchev–Trinajstić information content (AvgIpc) is 3.34. The van der Waals surface area contributed by atoms with E-state index in [-0.39, 0.29) is 14.6 Å². The first-order valence-corrected chi connectivity index (χ1v) is 11.9. The molecule has 0 spiro atoms. The molecule has 2 aromatic heterocycles. The van der Waals surface area contributed by atoms with Crippen molar-refractivity contribution in [2.24, 2.45) is 0 Å². The minimum absolute atomic E-state index is 0. The zero-order valence-electron chi connectivity index (χ0n) is 21.6. The van der Waals surface area contributed by atoms with Crippen LogP contribution in [-0.2, 0) is 9.47 Å². The predicted molar refractivity (Wildman–Crippen MR) is 149 cm³/mol. The summed E-state index contributed by atoms with van der Waals surface area (Å²) in [4.78, 5) is 16.7. The van der Waals surface area contributed by atoms with E-state index in [9.17, 15) is 9.18 Å². The lowest BCUT2D eigenvalue weighted by atomic mass is 10.1. The van der Waals surface area contributed by atoms with Crippen molar-refractivity contribution in [3.8, 4) is 0 Å². The molecule has 0 bridgehead atoms. The van der Waals surface area contributed by atoms with E-state index in [0.29, 0.717) is 22.6 Å². The van der Waals surface area contributed by atoms with E-state index in [0.717, 1.165) is 18.6 Å². The number of carbonyl (C=O) groups is 1. The van der Waals surface area contributed by atoms with Crippen LogP contribution in [0.1, 0.15) is 42.6 Å². The number of imidazole rings is 1. The number of fused-ring (bicyclic) bond motifs is 1. The highest BCUT2D eigenvalue weighted by molar-refractivity contribution is 6.03. The number of aryl methyl sites for hydroxylation is 1. The molecule has 4 rings (SSSR count). The van der Waals surface area contributed by atoms with Gasteiger partial charge in [-0.25, -0.2) is 9.37 Å². The predicted octanol–water partition coefficient (Wildman–Crippen LogP) is 6.13. The van der Waals surface area contributed by atoms with Crippen LogP contribution in [0.4, 0.5) is 10.1 Å². The monoisotopic (exact) mass is 508 g/mol. The van der Waals surface area contributed by atoms with Gasteiger partial charge in [0.25, 0.3) is 5.91 Å². The molecule has 7 nitrogen and oxygen atoms in total. The summed E-state index contributed by atoms with van der Waals surface area (Å²) in [5.74, 6) is -0.946. The number of pyridine rings is 1. The number of amides is 1. The molecule has 0 radical (unpaired) electrons. The lowest BCUT2D eigenvalue weighted by molar-refractivity contribution is 0.0662. The summed E-state index contributed by atoms with van der Waals surface area (Å²) in [6.45, 7) is 6.51. The number of carbonyl (C=O) groups excluding carboxylic acids is 1. The second kappa shape index (κ2) is 13.3. The molecular formula is C29H37FN4O3. The molecule has 0 fully saturated rings. The summed E-state index contributed by atoms with van der Waals surface area (Å²) in [6.07, 6.45) is 4.29. The van der Waals surface area contributed by atoms with Crippen molar-refractivity contribution in [1.29, 1.82) is 0 Å². The number of aromatic nitrogens is 2. The first-order chi connectivity index (χ1) is 17.9. The third-order valence-electron chi connectivity index (χ3n) is 5.81. The van der Waals surface area contributed by atoms with Crippen molar-refractivity contribution >= 4 is 22.9 Å². The number of ether oxygens (including phenoxy) is 2. The van der Waals surface area contributed by atoms with E-state index >= 15 is 0 Å². The van der Waals surface area contributed by atoms with Gasteiger partial charge in [-0.1, -0.05) is 36.9 Å². The lowest BCUT2D eigenvalue weighted by Gasteiger charge is -2.14. The van der Waals surface area contributed by atoms with Gasteiger partial charge in [0.15, 0.2) is 0 Å². The van der Waals surface area contributed by atoms with Gasteiger partial charge in [0.1, 0.15) is 17.2 Å². The quantitative estimate of drug-likeness (QED) is 0.285. The van der Waals surface area contributed by atoms with Gasteiger partial charge in [-0.3, -0.25) is 9.20 Å². The molecule has 0 aliphatic rings. The van der Waals surface area contributed by atoms with Gasteiger partial charge in [-0.05, 0) is 53.9 Å². The van der Waals surface area contributed by atoms with E-state index in [4.69, 9.17) is 9.47 Å². The highest BCUT2D eigenvalue weighted by Gasteiger charge is 2.15. The zero-order chi connectivity index (χ0) is 26.8. The van der Waals surface area contributed by atoms with E-state index < -0.39 is 11.7 Å². The summed E-state index contributed by atoms with van der Waals surface area (Å²) in [5, 5.41) is 5.49. The van der Waals surface area contributed by atoms with Crippen LogP contribution in [0.25, 0.3) is 11.3 Å². The highest BCUT2D eigenvalue weighted by Crippen LogP contribution is 2.21. The van der Waals surface area contributed by atoms with Crippen molar-refractivity contribution in [2.45, 2.75) is 19.4 Å². The van der Waals surface area contributed by atoms with Crippen LogP contribution >= 0.6 is 0 Å². The van der Waals surface area contributed by atoms with Gasteiger partial charge in [0.05, 0.1) is 18.0 Å². The number of hydrogen-bond acceptors (Lipinski definition) is 5. The van der Waals surface area contributed by atoms with Crippen molar-refractivity contribution in [1.82, 2.24) is 14.7 Å². The standard InChI is InChI=1S/C18H17FN4O.C11H16O2.2H2/c1-11-6-7-23-16(10-21-17(23)8-11)18(24)22-15-9-13(12(2)20-3)4-5-14(15)19;1-12-9-8-11(13-2)10-6-4-3-5-7-10;;/h4-10,20H,2H2,1,3H3,(H,22,24);3-7,11H,8-9H2,1-2H3;2*1H/t;11-;;/m.1../s1. The minimum atomic E-state index is -0.513. The van der Waals surface area contributed by atoms with Crippen LogP contribution in [0.5, 0.6) is 0 Å². The summed E-state index contributed by atoms with van der Waals surface area (Å²) in [5.41, 5.74) is 4.68. The number of nitrogens with zero attached hydrogens (tertiary/aromatic N) is 2. The molecule has 2 N–H and O–H groups in total. The molecule has 1 atom stereocenters. The Morgan fingerprint density at radius 3 is 2.59 bits per heavy atom. The maximum absolute atomic E-state index is 14.0. The molecule has 198 valence electrons. The summed E-state index contributed by atoms with van der Waals surface area (Å²) in [6, 6.07) is 18.4.